The predicted octanol–water partition coefficient (Wildman–Crippen LogP) is 3.29. The second-order valence-corrected chi connectivity index (χ2v) is 7.76. The van der Waals surface area contributed by atoms with E-state index in [9.17, 15) is 0 Å². The van der Waals surface area contributed by atoms with E-state index in [1.807, 2.05) is 24.4 Å². The molecule has 1 aliphatic rings. The summed E-state index contributed by atoms with van der Waals surface area (Å²) in [6, 6.07) is 12.8. The Balaban J connectivity index is 1.59. The van der Waals surface area contributed by atoms with Gasteiger partial charge < -0.3 is 16.0 Å². The van der Waals surface area contributed by atoms with Gasteiger partial charge in [-0.25, -0.2) is 4.98 Å². The molecule has 0 bridgehead atoms. The largest absolute Gasteiger partial charge is 0.382 e. The highest BCUT2D eigenvalue weighted by Gasteiger charge is 2.18. The van der Waals surface area contributed by atoms with Crippen LogP contribution < -0.4 is 16.0 Å². The minimum atomic E-state index is 0.456. The standard InChI is InChI=1S/C20H20N6S/c1-12-11-26(8-7-22-12)18-10-23-16-6-5-13(9-17(16)24-18)14-3-2-4-15-19(14)27-25-20(15)21/h2-6,9-10,12,22H,7-8,11H2,1H3,(H2,21,25). The molecular formula is C20H20N6S. The number of rotatable bonds is 2. The van der Waals surface area contributed by atoms with Crippen molar-refractivity contribution in [2.24, 2.45) is 0 Å². The zero-order valence-electron chi connectivity index (χ0n) is 15.0. The summed E-state index contributed by atoms with van der Waals surface area (Å²) in [4.78, 5) is 11.8. The summed E-state index contributed by atoms with van der Waals surface area (Å²) < 4.78 is 5.41. The van der Waals surface area contributed by atoms with Gasteiger partial charge in [0.15, 0.2) is 0 Å². The van der Waals surface area contributed by atoms with Gasteiger partial charge in [0.25, 0.3) is 0 Å². The van der Waals surface area contributed by atoms with Gasteiger partial charge in [-0.05, 0) is 42.2 Å². The lowest BCUT2D eigenvalue weighted by Gasteiger charge is -2.32. The van der Waals surface area contributed by atoms with E-state index in [0.717, 1.165) is 57.7 Å². The van der Waals surface area contributed by atoms with Crippen LogP contribution in [0.3, 0.4) is 0 Å². The van der Waals surface area contributed by atoms with E-state index in [2.05, 4.69) is 44.7 Å². The van der Waals surface area contributed by atoms with Crippen molar-refractivity contribution in [2.45, 2.75) is 13.0 Å². The van der Waals surface area contributed by atoms with Crippen LogP contribution in [0, 0.1) is 0 Å². The van der Waals surface area contributed by atoms with E-state index >= 15 is 0 Å². The van der Waals surface area contributed by atoms with Crippen molar-refractivity contribution in [1.82, 2.24) is 19.7 Å². The van der Waals surface area contributed by atoms with Crippen LogP contribution >= 0.6 is 11.5 Å². The molecule has 27 heavy (non-hydrogen) atoms. The number of aromatic nitrogens is 3. The van der Waals surface area contributed by atoms with Crippen LogP contribution in [0.15, 0.2) is 42.6 Å². The van der Waals surface area contributed by atoms with Gasteiger partial charge in [-0.2, -0.15) is 4.37 Å². The zero-order valence-corrected chi connectivity index (χ0v) is 15.8. The topological polar surface area (TPSA) is 80.0 Å². The molecule has 5 rings (SSSR count). The molecule has 6 nitrogen and oxygen atoms in total. The second kappa shape index (κ2) is 6.44. The molecular weight excluding hydrogens is 356 g/mol. The van der Waals surface area contributed by atoms with Crippen LogP contribution in [0.25, 0.3) is 32.2 Å². The third kappa shape index (κ3) is 2.89. The molecule has 1 saturated heterocycles. The Bertz CT molecular complexity index is 1140. The molecule has 1 fully saturated rings. The molecule has 1 atom stereocenters. The summed E-state index contributed by atoms with van der Waals surface area (Å²) in [6.07, 6.45) is 1.88. The van der Waals surface area contributed by atoms with Gasteiger partial charge in [-0.15, -0.1) is 0 Å². The number of hydrogen-bond acceptors (Lipinski definition) is 7. The first-order chi connectivity index (χ1) is 13.2. The fourth-order valence-electron chi connectivity index (χ4n) is 3.67. The van der Waals surface area contributed by atoms with Crippen molar-refractivity contribution in [2.75, 3.05) is 30.3 Å². The van der Waals surface area contributed by atoms with Gasteiger partial charge in [0, 0.05) is 36.6 Å². The molecule has 1 aliphatic heterocycles. The lowest BCUT2D eigenvalue weighted by atomic mass is 10.0. The Morgan fingerprint density at radius 2 is 2.15 bits per heavy atom. The molecule has 1 unspecified atom stereocenters. The maximum absolute atomic E-state index is 5.99. The summed E-state index contributed by atoms with van der Waals surface area (Å²) in [5, 5.41) is 4.47. The fraction of sp³-hybridized carbons (Fsp3) is 0.250. The molecule has 0 radical (unpaired) electrons. The lowest BCUT2D eigenvalue weighted by Crippen LogP contribution is -2.49. The highest BCUT2D eigenvalue weighted by molar-refractivity contribution is 7.14. The van der Waals surface area contributed by atoms with Crippen molar-refractivity contribution in [1.29, 1.82) is 0 Å². The summed E-state index contributed by atoms with van der Waals surface area (Å²) >= 11 is 1.44. The van der Waals surface area contributed by atoms with Crippen molar-refractivity contribution in [3.63, 3.8) is 0 Å². The predicted molar refractivity (Wildman–Crippen MR) is 112 cm³/mol. The Morgan fingerprint density at radius 3 is 3.04 bits per heavy atom. The molecule has 0 saturated carbocycles. The number of benzene rings is 2. The van der Waals surface area contributed by atoms with Gasteiger partial charge in [-0.3, -0.25) is 4.98 Å². The van der Waals surface area contributed by atoms with Gasteiger partial charge in [0.2, 0.25) is 0 Å². The van der Waals surface area contributed by atoms with Crippen LogP contribution in [0.2, 0.25) is 0 Å². The monoisotopic (exact) mass is 376 g/mol. The molecule has 4 aromatic rings. The van der Waals surface area contributed by atoms with E-state index in [1.165, 1.54) is 11.5 Å². The molecule has 7 heteroatoms. The van der Waals surface area contributed by atoms with E-state index in [1.54, 1.807) is 0 Å². The van der Waals surface area contributed by atoms with Crippen molar-refractivity contribution >= 4 is 44.3 Å². The number of nitrogens with two attached hydrogens (primary N) is 1. The Morgan fingerprint density at radius 1 is 1.22 bits per heavy atom. The van der Waals surface area contributed by atoms with Crippen LogP contribution in [-0.4, -0.2) is 40.0 Å². The molecule has 136 valence electrons. The van der Waals surface area contributed by atoms with E-state index < -0.39 is 0 Å². The smallest absolute Gasteiger partial charge is 0.147 e. The van der Waals surface area contributed by atoms with Gasteiger partial charge in [-0.1, -0.05) is 18.2 Å². The Hall–Kier alpha value is -2.77. The number of anilines is 2. The maximum atomic E-state index is 5.99. The first kappa shape index (κ1) is 16.4. The number of hydrogen-bond donors (Lipinski definition) is 2. The molecule has 2 aromatic carbocycles. The fourth-order valence-corrected chi connectivity index (χ4v) is 4.51. The Labute approximate surface area is 161 Å². The number of nitrogens with one attached hydrogen (secondary N) is 1. The van der Waals surface area contributed by atoms with Crippen LogP contribution in [0.1, 0.15) is 6.92 Å². The van der Waals surface area contributed by atoms with Crippen molar-refractivity contribution in [3.05, 3.63) is 42.6 Å². The summed E-state index contributed by atoms with van der Waals surface area (Å²) in [5.41, 5.74) is 10.0. The number of nitrogens with zero attached hydrogens (tertiary/aromatic N) is 4. The SMILES string of the molecule is CC1CN(c2cnc3ccc(-c4cccc5c(N)nsc45)cc3n2)CCN1. The lowest BCUT2D eigenvalue weighted by molar-refractivity contribution is 0.482. The minimum absolute atomic E-state index is 0.456. The number of fused-ring (bicyclic) bond motifs is 2. The van der Waals surface area contributed by atoms with Gasteiger partial charge in [0.05, 0.1) is 21.9 Å². The first-order valence-electron chi connectivity index (χ1n) is 9.08. The molecule has 0 aliphatic carbocycles. The minimum Gasteiger partial charge on any atom is -0.382 e. The average Bonchev–Trinajstić information content (AvgIpc) is 3.08. The number of nitrogen functional groups attached to an aromatic ring is 1. The molecule has 3 heterocycles. The van der Waals surface area contributed by atoms with E-state index in [-0.39, 0.29) is 0 Å². The Kier molecular flexibility index (Phi) is 3.91. The third-order valence-electron chi connectivity index (χ3n) is 5.06. The maximum Gasteiger partial charge on any atom is 0.147 e. The van der Waals surface area contributed by atoms with Gasteiger partial charge >= 0.3 is 0 Å². The van der Waals surface area contributed by atoms with Crippen LogP contribution in [0.4, 0.5) is 11.6 Å². The highest BCUT2D eigenvalue weighted by atomic mass is 32.1. The quantitative estimate of drug-likeness (QED) is 0.559. The second-order valence-electron chi connectivity index (χ2n) is 6.98. The van der Waals surface area contributed by atoms with Gasteiger partial charge in [0.1, 0.15) is 11.6 Å². The van der Waals surface area contributed by atoms with E-state index in [0.29, 0.717) is 11.9 Å². The summed E-state index contributed by atoms with van der Waals surface area (Å²) in [7, 11) is 0. The molecule has 0 spiro atoms. The molecule has 3 N–H and O–H groups in total. The highest BCUT2D eigenvalue weighted by Crippen LogP contribution is 2.35. The normalized spacial score (nSPS) is 17.7. The number of piperazine rings is 1. The van der Waals surface area contributed by atoms with Crippen molar-refractivity contribution in [3.8, 4) is 11.1 Å². The van der Waals surface area contributed by atoms with Crippen molar-refractivity contribution < 1.29 is 0 Å². The third-order valence-corrected chi connectivity index (χ3v) is 5.97. The summed E-state index contributed by atoms with van der Waals surface area (Å²) in [6.45, 7) is 5.05. The van der Waals surface area contributed by atoms with E-state index in [4.69, 9.17) is 10.7 Å². The molecule has 2 aromatic heterocycles. The molecule has 0 amide bonds. The van der Waals surface area contributed by atoms with Crippen LogP contribution in [0.5, 0.6) is 0 Å². The average molecular weight is 376 g/mol. The van der Waals surface area contributed by atoms with Crippen LogP contribution in [-0.2, 0) is 0 Å². The summed E-state index contributed by atoms with van der Waals surface area (Å²) in [5.74, 6) is 1.53. The zero-order chi connectivity index (χ0) is 18.4. The first-order valence-corrected chi connectivity index (χ1v) is 9.86.